The molecule has 0 atom stereocenters. The zero-order valence-electron chi connectivity index (χ0n) is 13.7. The molecule has 0 aromatic heterocycles. The number of hydrogen-bond donors (Lipinski definition) is 0. The van der Waals surface area contributed by atoms with Crippen LogP contribution in [0, 0.1) is 5.82 Å². The maximum Gasteiger partial charge on any atom is 0.335 e. The van der Waals surface area contributed by atoms with Crippen molar-refractivity contribution in [2.45, 2.75) is 0 Å². The Balaban J connectivity index is 2.06. The summed E-state index contributed by atoms with van der Waals surface area (Å²) in [5.74, 6) is -1.47. The lowest BCUT2D eigenvalue weighted by atomic mass is 10.1. The van der Waals surface area contributed by atoms with Gasteiger partial charge in [-0.2, -0.15) is 0 Å². The molecule has 26 heavy (non-hydrogen) atoms. The van der Waals surface area contributed by atoms with Gasteiger partial charge in [0.05, 0.1) is 0 Å². The molecule has 0 heterocycles. The number of halogens is 1. The van der Waals surface area contributed by atoms with Crippen molar-refractivity contribution in [2.24, 2.45) is 0 Å². The van der Waals surface area contributed by atoms with E-state index in [0.717, 1.165) is 30.2 Å². The summed E-state index contributed by atoms with van der Waals surface area (Å²) in [5.41, 5.74) is 1.34. The first-order chi connectivity index (χ1) is 12.5. The molecular formula is C20H15FO5. The number of benzene rings is 2. The zero-order valence-corrected chi connectivity index (χ0v) is 13.7. The van der Waals surface area contributed by atoms with Gasteiger partial charge in [-0.15, -0.1) is 0 Å². The lowest BCUT2D eigenvalue weighted by Gasteiger charge is -2.07. The Morgan fingerprint density at radius 2 is 1.54 bits per heavy atom. The third-order valence-electron chi connectivity index (χ3n) is 3.11. The summed E-state index contributed by atoms with van der Waals surface area (Å²) in [6.07, 6.45) is 4.08. The largest absolute Gasteiger partial charge is 0.459 e. The Labute approximate surface area is 149 Å². The Bertz CT molecular complexity index is 853. The van der Waals surface area contributed by atoms with Crippen LogP contribution in [0.3, 0.4) is 0 Å². The lowest BCUT2D eigenvalue weighted by molar-refractivity contribution is -0.132. The van der Waals surface area contributed by atoms with Gasteiger partial charge in [-0.3, -0.25) is 0 Å². The second kappa shape index (κ2) is 8.98. The maximum atomic E-state index is 14.1. The molecule has 5 nitrogen and oxygen atoms in total. The van der Waals surface area contributed by atoms with Gasteiger partial charge in [-0.1, -0.05) is 31.4 Å². The minimum Gasteiger partial charge on any atom is -0.459 e. The van der Waals surface area contributed by atoms with Crippen LogP contribution < -0.4 is 9.47 Å². The van der Waals surface area contributed by atoms with E-state index in [0.29, 0.717) is 11.3 Å². The van der Waals surface area contributed by atoms with Crippen LogP contribution in [-0.4, -0.2) is 11.9 Å². The molecule has 0 spiro atoms. The van der Waals surface area contributed by atoms with Crippen LogP contribution in [0.25, 0.3) is 11.1 Å². The Kier molecular flexibility index (Phi) is 6.45. The summed E-state index contributed by atoms with van der Waals surface area (Å²) in [6.45, 7) is 6.55. The summed E-state index contributed by atoms with van der Waals surface area (Å²) in [6, 6.07) is 11.0. The Morgan fingerprint density at radius 1 is 0.885 bits per heavy atom. The number of rotatable bonds is 7. The molecule has 0 aliphatic rings. The van der Waals surface area contributed by atoms with Gasteiger partial charge in [0.1, 0.15) is 18.3 Å². The standard InChI is InChI=1S/C20H15FO5/c1-3-19(22)25-12-11-24-18-10-7-15(13-17(18)21)14-5-8-16(9-6-14)26-20(23)4-2/h3-13H,1-2H2/b12-11-. The molecule has 0 aliphatic carbocycles. The van der Waals surface area contributed by atoms with Crippen molar-refractivity contribution in [3.05, 3.63) is 86.1 Å². The highest BCUT2D eigenvalue weighted by molar-refractivity contribution is 5.83. The molecular weight excluding hydrogens is 339 g/mol. The number of hydrogen-bond acceptors (Lipinski definition) is 5. The van der Waals surface area contributed by atoms with Crippen LogP contribution in [0.5, 0.6) is 11.5 Å². The normalized spacial score (nSPS) is 10.2. The van der Waals surface area contributed by atoms with Gasteiger partial charge >= 0.3 is 11.9 Å². The molecule has 0 bridgehead atoms. The predicted octanol–water partition coefficient (Wildman–Crippen LogP) is 4.16. The van der Waals surface area contributed by atoms with Gasteiger partial charge in [0.15, 0.2) is 11.6 Å². The molecule has 0 unspecified atom stereocenters. The summed E-state index contributed by atoms with van der Waals surface area (Å²) in [4.78, 5) is 22.0. The molecule has 132 valence electrons. The smallest absolute Gasteiger partial charge is 0.335 e. The van der Waals surface area contributed by atoms with Crippen molar-refractivity contribution in [1.82, 2.24) is 0 Å². The highest BCUT2D eigenvalue weighted by atomic mass is 19.1. The SMILES string of the molecule is C=CC(=O)O/C=C\Oc1ccc(-c2ccc(OC(=O)C=C)cc2)cc1F. The molecule has 0 saturated carbocycles. The van der Waals surface area contributed by atoms with Crippen molar-refractivity contribution in [3.8, 4) is 22.6 Å². The Morgan fingerprint density at radius 3 is 2.15 bits per heavy atom. The van der Waals surface area contributed by atoms with Crippen molar-refractivity contribution < 1.29 is 28.2 Å². The number of esters is 2. The highest BCUT2D eigenvalue weighted by Gasteiger charge is 2.07. The van der Waals surface area contributed by atoms with E-state index in [1.807, 2.05) is 0 Å². The minimum absolute atomic E-state index is 0.0313. The number of carbonyl (C=O) groups excluding carboxylic acids is 2. The van der Waals surface area contributed by atoms with E-state index in [2.05, 4.69) is 17.9 Å². The van der Waals surface area contributed by atoms with Crippen molar-refractivity contribution in [3.63, 3.8) is 0 Å². The topological polar surface area (TPSA) is 61.8 Å². The molecule has 0 aliphatic heterocycles. The van der Waals surface area contributed by atoms with E-state index in [1.54, 1.807) is 30.3 Å². The van der Waals surface area contributed by atoms with Gasteiger partial charge < -0.3 is 14.2 Å². The van der Waals surface area contributed by atoms with Crippen molar-refractivity contribution >= 4 is 11.9 Å². The van der Waals surface area contributed by atoms with Crippen LogP contribution in [0.2, 0.25) is 0 Å². The molecule has 6 heteroatoms. The van der Waals surface area contributed by atoms with E-state index in [-0.39, 0.29) is 5.75 Å². The van der Waals surface area contributed by atoms with Crippen LogP contribution >= 0.6 is 0 Å². The molecule has 0 saturated heterocycles. The first kappa shape index (κ1) is 18.7. The van der Waals surface area contributed by atoms with E-state index in [9.17, 15) is 14.0 Å². The monoisotopic (exact) mass is 354 g/mol. The second-order valence-electron chi connectivity index (χ2n) is 4.83. The van der Waals surface area contributed by atoms with Crippen molar-refractivity contribution in [2.75, 3.05) is 0 Å². The summed E-state index contributed by atoms with van der Waals surface area (Å²) in [5, 5.41) is 0. The molecule has 2 aromatic carbocycles. The van der Waals surface area contributed by atoms with Crippen LogP contribution in [0.4, 0.5) is 4.39 Å². The zero-order chi connectivity index (χ0) is 18.9. The first-order valence-electron chi connectivity index (χ1n) is 7.42. The summed E-state index contributed by atoms with van der Waals surface area (Å²) >= 11 is 0. The van der Waals surface area contributed by atoms with Gasteiger partial charge in [0, 0.05) is 12.2 Å². The Hall–Kier alpha value is -3.67. The first-order valence-corrected chi connectivity index (χ1v) is 7.42. The van der Waals surface area contributed by atoms with Crippen LogP contribution in [0.1, 0.15) is 0 Å². The van der Waals surface area contributed by atoms with Gasteiger partial charge in [-0.25, -0.2) is 14.0 Å². The average Bonchev–Trinajstić information content (AvgIpc) is 2.66. The van der Waals surface area contributed by atoms with Crippen LogP contribution in [-0.2, 0) is 14.3 Å². The lowest BCUT2D eigenvalue weighted by Crippen LogP contribution is -2.02. The van der Waals surface area contributed by atoms with E-state index >= 15 is 0 Å². The highest BCUT2D eigenvalue weighted by Crippen LogP contribution is 2.27. The molecule has 2 aromatic rings. The fourth-order valence-corrected chi connectivity index (χ4v) is 1.89. The average molecular weight is 354 g/mol. The summed E-state index contributed by atoms with van der Waals surface area (Å²) in [7, 11) is 0. The van der Waals surface area contributed by atoms with E-state index < -0.39 is 17.8 Å². The molecule has 2 rings (SSSR count). The van der Waals surface area contributed by atoms with E-state index in [1.165, 1.54) is 12.1 Å². The van der Waals surface area contributed by atoms with Gasteiger partial charge in [-0.05, 0) is 35.4 Å². The quantitative estimate of drug-likeness (QED) is 0.323. The summed E-state index contributed by atoms with van der Waals surface area (Å²) < 4.78 is 28.7. The molecule has 0 radical (unpaired) electrons. The fourth-order valence-electron chi connectivity index (χ4n) is 1.89. The van der Waals surface area contributed by atoms with Crippen molar-refractivity contribution in [1.29, 1.82) is 0 Å². The third kappa shape index (κ3) is 5.17. The molecule has 0 fully saturated rings. The van der Waals surface area contributed by atoms with Crippen LogP contribution in [0.15, 0.2) is 80.3 Å². The maximum absolute atomic E-state index is 14.1. The second-order valence-corrected chi connectivity index (χ2v) is 4.83. The number of carbonyl (C=O) groups is 2. The number of ether oxygens (including phenoxy) is 3. The fraction of sp³-hybridized carbons (Fsp3) is 0. The molecule has 0 N–H and O–H groups in total. The van der Waals surface area contributed by atoms with Gasteiger partial charge in [0.2, 0.25) is 0 Å². The van der Waals surface area contributed by atoms with E-state index in [4.69, 9.17) is 9.47 Å². The molecule has 0 amide bonds. The predicted molar refractivity (Wildman–Crippen MR) is 93.7 cm³/mol. The third-order valence-corrected chi connectivity index (χ3v) is 3.11. The van der Waals surface area contributed by atoms with Gasteiger partial charge in [0.25, 0.3) is 0 Å². The minimum atomic E-state index is -0.650.